The van der Waals surface area contributed by atoms with Crippen molar-refractivity contribution in [2.75, 3.05) is 31.6 Å². The van der Waals surface area contributed by atoms with E-state index in [0.717, 1.165) is 18.0 Å². The molecule has 18 heavy (non-hydrogen) atoms. The molecule has 0 saturated carbocycles. The van der Waals surface area contributed by atoms with E-state index in [1.165, 1.54) is 0 Å². The quantitative estimate of drug-likeness (QED) is 0.837. The SMILES string of the molecule is CCOc1cccc(NC(=O)C2CNCCO2)c1. The first kappa shape index (κ1) is 12.9. The molecular weight excluding hydrogens is 232 g/mol. The van der Waals surface area contributed by atoms with Gasteiger partial charge in [0.05, 0.1) is 13.2 Å². The monoisotopic (exact) mass is 250 g/mol. The first-order valence-electron chi connectivity index (χ1n) is 6.15. The van der Waals surface area contributed by atoms with Gasteiger partial charge < -0.3 is 20.1 Å². The third kappa shape index (κ3) is 3.45. The summed E-state index contributed by atoms with van der Waals surface area (Å²) in [6, 6.07) is 7.34. The van der Waals surface area contributed by atoms with E-state index in [1.54, 1.807) is 6.07 Å². The van der Waals surface area contributed by atoms with Crippen LogP contribution in [0.15, 0.2) is 24.3 Å². The van der Waals surface area contributed by atoms with Gasteiger partial charge in [-0.05, 0) is 19.1 Å². The lowest BCUT2D eigenvalue weighted by Crippen LogP contribution is -2.45. The topological polar surface area (TPSA) is 59.6 Å². The summed E-state index contributed by atoms with van der Waals surface area (Å²) in [7, 11) is 0. The summed E-state index contributed by atoms with van der Waals surface area (Å²) >= 11 is 0. The summed E-state index contributed by atoms with van der Waals surface area (Å²) in [5.74, 6) is 0.619. The Balaban J connectivity index is 1.95. The first-order valence-corrected chi connectivity index (χ1v) is 6.15. The van der Waals surface area contributed by atoms with Crippen LogP contribution < -0.4 is 15.4 Å². The van der Waals surface area contributed by atoms with Crippen LogP contribution in [0.5, 0.6) is 5.75 Å². The molecule has 1 fully saturated rings. The first-order chi connectivity index (χ1) is 8.79. The Morgan fingerprint density at radius 2 is 2.50 bits per heavy atom. The molecule has 1 saturated heterocycles. The zero-order valence-electron chi connectivity index (χ0n) is 10.4. The molecule has 1 atom stereocenters. The molecule has 2 N–H and O–H groups in total. The van der Waals surface area contributed by atoms with Crippen LogP contribution in [0.3, 0.4) is 0 Å². The Morgan fingerprint density at radius 1 is 1.61 bits per heavy atom. The molecule has 1 aromatic rings. The zero-order valence-corrected chi connectivity index (χ0v) is 10.4. The van der Waals surface area contributed by atoms with E-state index in [9.17, 15) is 4.79 Å². The van der Waals surface area contributed by atoms with E-state index in [2.05, 4.69) is 10.6 Å². The van der Waals surface area contributed by atoms with E-state index in [1.807, 2.05) is 25.1 Å². The number of carbonyl (C=O) groups excluding carboxylic acids is 1. The van der Waals surface area contributed by atoms with Crippen LogP contribution in [-0.4, -0.2) is 38.3 Å². The van der Waals surface area contributed by atoms with Gasteiger partial charge in [0.25, 0.3) is 5.91 Å². The van der Waals surface area contributed by atoms with Crippen LogP contribution >= 0.6 is 0 Å². The van der Waals surface area contributed by atoms with Crippen LogP contribution in [0.1, 0.15) is 6.92 Å². The Labute approximate surface area is 106 Å². The summed E-state index contributed by atoms with van der Waals surface area (Å²) < 4.78 is 10.8. The molecule has 1 aliphatic rings. The van der Waals surface area contributed by atoms with Crippen molar-refractivity contribution in [2.45, 2.75) is 13.0 Å². The van der Waals surface area contributed by atoms with Gasteiger partial charge in [-0.15, -0.1) is 0 Å². The van der Waals surface area contributed by atoms with Crippen molar-refractivity contribution < 1.29 is 14.3 Å². The molecule has 1 aromatic carbocycles. The number of hydrogen-bond donors (Lipinski definition) is 2. The number of anilines is 1. The summed E-state index contributed by atoms with van der Waals surface area (Å²) in [6.07, 6.45) is -0.422. The van der Waals surface area contributed by atoms with Crippen LogP contribution in [0.2, 0.25) is 0 Å². The number of ether oxygens (including phenoxy) is 2. The second kappa shape index (κ2) is 6.37. The molecule has 0 bridgehead atoms. The van der Waals surface area contributed by atoms with E-state index in [4.69, 9.17) is 9.47 Å². The minimum Gasteiger partial charge on any atom is -0.494 e. The highest BCUT2D eigenvalue weighted by atomic mass is 16.5. The second-order valence-corrected chi connectivity index (χ2v) is 4.01. The van der Waals surface area contributed by atoms with Gasteiger partial charge in [0.15, 0.2) is 0 Å². The van der Waals surface area contributed by atoms with Gasteiger partial charge in [0.2, 0.25) is 0 Å². The lowest BCUT2D eigenvalue weighted by Gasteiger charge is -2.22. The predicted octanol–water partition coefficient (Wildman–Crippen LogP) is 1.01. The lowest BCUT2D eigenvalue weighted by molar-refractivity contribution is -0.128. The number of nitrogens with one attached hydrogen (secondary N) is 2. The highest BCUT2D eigenvalue weighted by molar-refractivity contribution is 5.94. The molecule has 1 heterocycles. The number of rotatable bonds is 4. The van der Waals surface area contributed by atoms with Crippen molar-refractivity contribution in [1.29, 1.82) is 0 Å². The molecule has 5 heteroatoms. The van der Waals surface area contributed by atoms with Crippen molar-refractivity contribution >= 4 is 11.6 Å². The van der Waals surface area contributed by atoms with Gasteiger partial charge in [-0.1, -0.05) is 6.07 Å². The molecule has 5 nitrogen and oxygen atoms in total. The van der Waals surface area contributed by atoms with Crippen molar-refractivity contribution in [3.63, 3.8) is 0 Å². The van der Waals surface area contributed by atoms with Crippen LogP contribution in [0, 0.1) is 0 Å². The highest BCUT2D eigenvalue weighted by Crippen LogP contribution is 2.17. The van der Waals surface area contributed by atoms with Crippen LogP contribution in [0.25, 0.3) is 0 Å². The van der Waals surface area contributed by atoms with E-state index in [-0.39, 0.29) is 5.91 Å². The summed E-state index contributed by atoms with van der Waals surface area (Å²) in [5.41, 5.74) is 0.722. The molecule has 0 spiro atoms. The number of carbonyl (C=O) groups is 1. The average Bonchev–Trinajstić information content (AvgIpc) is 2.40. The largest absolute Gasteiger partial charge is 0.494 e. The fourth-order valence-electron chi connectivity index (χ4n) is 1.79. The smallest absolute Gasteiger partial charge is 0.254 e. The molecule has 98 valence electrons. The van der Waals surface area contributed by atoms with Gasteiger partial charge in [-0.2, -0.15) is 0 Å². The summed E-state index contributed by atoms with van der Waals surface area (Å²) in [5, 5.41) is 5.95. The summed E-state index contributed by atoms with van der Waals surface area (Å²) in [4.78, 5) is 11.9. The highest BCUT2D eigenvalue weighted by Gasteiger charge is 2.21. The molecule has 1 aliphatic heterocycles. The zero-order chi connectivity index (χ0) is 12.8. The van der Waals surface area contributed by atoms with Gasteiger partial charge in [-0.3, -0.25) is 4.79 Å². The Morgan fingerprint density at radius 3 is 3.22 bits per heavy atom. The van der Waals surface area contributed by atoms with Crippen LogP contribution in [-0.2, 0) is 9.53 Å². The normalized spacial score (nSPS) is 19.3. The maximum atomic E-state index is 11.9. The van der Waals surface area contributed by atoms with Gasteiger partial charge in [-0.25, -0.2) is 0 Å². The Hall–Kier alpha value is -1.59. The van der Waals surface area contributed by atoms with E-state index >= 15 is 0 Å². The molecule has 2 rings (SSSR count). The third-order valence-electron chi connectivity index (χ3n) is 2.63. The van der Waals surface area contributed by atoms with Crippen molar-refractivity contribution in [3.8, 4) is 5.75 Å². The number of amides is 1. The maximum absolute atomic E-state index is 11.9. The number of hydrogen-bond acceptors (Lipinski definition) is 4. The van der Waals surface area contributed by atoms with Crippen molar-refractivity contribution in [3.05, 3.63) is 24.3 Å². The molecule has 0 aliphatic carbocycles. The molecule has 1 amide bonds. The third-order valence-corrected chi connectivity index (χ3v) is 2.63. The number of morpholine rings is 1. The lowest BCUT2D eigenvalue weighted by atomic mass is 10.2. The van der Waals surface area contributed by atoms with Crippen molar-refractivity contribution in [1.82, 2.24) is 5.32 Å². The van der Waals surface area contributed by atoms with Crippen molar-refractivity contribution in [2.24, 2.45) is 0 Å². The average molecular weight is 250 g/mol. The fraction of sp³-hybridized carbons (Fsp3) is 0.462. The summed E-state index contributed by atoms with van der Waals surface area (Å²) in [6.45, 7) is 4.44. The minimum absolute atomic E-state index is 0.129. The Kier molecular flexibility index (Phi) is 4.55. The molecular formula is C13H18N2O3. The molecule has 0 radical (unpaired) electrons. The second-order valence-electron chi connectivity index (χ2n) is 4.01. The van der Waals surface area contributed by atoms with Gasteiger partial charge in [0.1, 0.15) is 11.9 Å². The van der Waals surface area contributed by atoms with Gasteiger partial charge >= 0.3 is 0 Å². The fourth-order valence-corrected chi connectivity index (χ4v) is 1.79. The van der Waals surface area contributed by atoms with Crippen LogP contribution in [0.4, 0.5) is 5.69 Å². The molecule has 0 aromatic heterocycles. The van der Waals surface area contributed by atoms with E-state index < -0.39 is 6.10 Å². The minimum atomic E-state index is -0.422. The maximum Gasteiger partial charge on any atom is 0.254 e. The van der Waals surface area contributed by atoms with E-state index in [0.29, 0.717) is 19.8 Å². The standard InChI is InChI=1S/C13H18N2O3/c1-2-17-11-5-3-4-10(8-11)15-13(16)12-9-14-6-7-18-12/h3-5,8,12,14H,2,6-7,9H2,1H3,(H,15,16). The Bertz CT molecular complexity index is 403. The predicted molar refractivity (Wildman–Crippen MR) is 68.9 cm³/mol. The van der Waals surface area contributed by atoms with Gasteiger partial charge in [0, 0.05) is 24.8 Å². The number of benzene rings is 1. The molecule has 1 unspecified atom stereocenters.